The molecule has 1 heterocycles. The van der Waals surface area contributed by atoms with Gasteiger partial charge in [0.1, 0.15) is 0 Å². The predicted octanol–water partition coefficient (Wildman–Crippen LogP) is 5.19. The Hall–Kier alpha value is -3.68. The number of amides is 1. The number of methoxy groups -OCH3 is 1. The topological polar surface area (TPSA) is 99.5 Å². The minimum absolute atomic E-state index is 0.141. The zero-order valence-electron chi connectivity index (χ0n) is 19.7. The van der Waals surface area contributed by atoms with Gasteiger partial charge in [0.15, 0.2) is 12.0 Å². The summed E-state index contributed by atoms with van der Waals surface area (Å²) in [4.78, 5) is 42.1. The van der Waals surface area contributed by atoms with Gasteiger partial charge in [0, 0.05) is 17.0 Å². The molecule has 2 aromatic carbocycles. The third-order valence-corrected chi connectivity index (χ3v) is 5.05. The van der Waals surface area contributed by atoms with Gasteiger partial charge in [-0.3, -0.25) is 19.5 Å². The van der Waals surface area contributed by atoms with Gasteiger partial charge in [-0.15, -0.1) is 0 Å². The summed E-state index contributed by atoms with van der Waals surface area (Å²) in [6.07, 6.45) is -1.46. The Balaban J connectivity index is 2.12. The minimum atomic E-state index is -0.746. The summed E-state index contributed by atoms with van der Waals surface area (Å²) in [6.45, 7) is 9.12. The molecule has 0 saturated carbocycles. The first-order valence-corrected chi connectivity index (χ1v) is 10.7. The third-order valence-electron chi connectivity index (χ3n) is 5.05. The maximum absolute atomic E-state index is 12.9. The van der Waals surface area contributed by atoms with E-state index in [2.05, 4.69) is 10.3 Å². The van der Waals surface area contributed by atoms with Crippen LogP contribution in [0.15, 0.2) is 48.5 Å². The molecule has 1 N–H and O–H groups in total. The number of aromatic nitrogens is 2. The van der Waals surface area contributed by atoms with Crippen molar-refractivity contribution < 1.29 is 23.9 Å². The van der Waals surface area contributed by atoms with Crippen molar-refractivity contribution in [3.63, 3.8) is 0 Å². The van der Waals surface area contributed by atoms with Crippen LogP contribution in [-0.2, 0) is 14.3 Å². The number of benzene rings is 2. The molecule has 0 bridgehead atoms. The van der Waals surface area contributed by atoms with Crippen molar-refractivity contribution >= 4 is 34.8 Å². The second kappa shape index (κ2) is 9.44. The summed E-state index contributed by atoms with van der Waals surface area (Å²) >= 11 is 0. The number of ether oxygens (including phenoxy) is 2. The smallest absolute Gasteiger partial charge is 0.413 e. The molecule has 0 aliphatic heterocycles. The first-order valence-electron chi connectivity index (χ1n) is 10.7. The van der Waals surface area contributed by atoms with E-state index < -0.39 is 17.7 Å². The van der Waals surface area contributed by atoms with Gasteiger partial charge in [-0.2, -0.15) is 0 Å². The van der Waals surface area contributed by atoms with Crippen molar-refractivity contribution in [3.8, 4) is 0 Å². The van der Waals surface area contributed by atoms with Gasteiger partial charge in [-0.05, 0) is 39.0 Å². The number of hydrogen-bond acceptors (Lipinski definition) is 6. The molecule has 8 nitrogen and oxygen atoms in total. The number of anilines is 1. The molecule has 8 heteroatoms. The van der Waals surface area contributed by atoms with Gasteiger partial charge in [0.25, 0.3) is 0 Å². The zero-order chi connectivity index (χ0) is 24.3. The molecule has 3 aromatic rings. The van der Waals surface area contributed by atoms with Crippen LogP contribution in [0, 0.1) is 11.3 Å². The third kappa shape index (κ3) is 5.22. The second-order valence-corrected chi connectivity index (χ2v) is 9.11. The van der Waals surface area contributed by atoms with E-state index in [4.69, 9.17) is 9.47 Å². The Labute approximate surface area is 192 Å². The number of carbonyl (C=O) groups is 3. The highest BCUT2D eigenvalue weighted by Gasteiger charge is 2.31. The highest BCUT2D eigenvalue weighted by molar-refractivity contribution is 6.10. The van der Waals surface area contributed by atoms with Gasteiger partial charge in [0.2, 0.25) is 5.95 Å². The summed E-state index contributed by atoms with van der Waals surface area (Å²) in [5.41, 5.74) is 1.38. The minimum Gasteiger partial charge on any atom is -0.453 e. The lowest BCUT2D eigenvalue weighted by atomic mass is 9.97. The molecular weight excluding hydrogens is 422 g/mol. The van der Waals surface area contributed by atoms with E-state index in [-0.39, 0.29) is 23.6 Å². The second-order valence-electron chi connectivity index (χ2n) is 9.11. The van der Waals surface area contributed by atoms with Crippen molar-refractivity contribution in [2.45, 2.75) is 40.8 Å². The largest absolute Gasteiger partial charge is 0.453 e. The van der Waals surface area contributed by atoms with E-state index in [1.807, 2.05) is 19.9 Å². The van der Waals surface area contributed by atoms with Crippen molar-refractivity contribution in [1.29, 1.82) is 0 Å². The van der Waals surface area contributed by atoms with Crippen LogP contribution < -0.4 is 5.32 Å². The van der Waals surface area contributed by atoms with Crippen LogP contribution in [0.25, 0.3) is 11.0 Å². The molecule has 0 saturated heterocycles. The van der Waals surface area contributed by atoms with Crippen LogP contribution in [0.4, 0.5) is 10.7 Å². The van der Waals surface area contributed by atoms with Crippen LogP contribution >= 0.6 is 0 Å². The fourth-order valence-corrected chi connectivity index (χ4v) is 3.26. The Morgan fingerprint density at radius 2 is 1.67 bits per heavy atom. The van der Waals surface area contributed by atoms with Gasteiger partial charge in [-0.1, -0.05) is 44.2 Å². The first-order chi connectivity index (χ1) is 15.5. The molecule has 1 amide bonds. The molecule has 3 rings (SSSR count). The predicted molar refractivity (Wildman–Crippen MR) is 125 cm³/mol. The van der Waals surface area contributed by atoms with Crippen molar-refractivity contribution in [1.82, 2.24) is 9.55 Å². The number of rotatable bonds is 6. The van der Waals surface area contributed by atoms with Gasteiger partial charge in [0.05, 0.1) is 23.6 Å². The van der Waals surface area contributed by atoms with Gasteiger partial charge >= 0.3 is 12.1 Å². The van der Waals surface area contributed by atoms with E-state index in [0.717, 1.165) is 0 Å². The zero-order valence-corrected chi connectivity index (χ0v) is 19.7. The van der Waals surface area contributed by atoms with Gasteiger partial charge < -0.3 is 9.47 Å². The summed E-state index contributed by atoms with van der Waals surface area (Å²) < 4.78 is 12.2. The van der Waals surface area contributed by atoms with Gasteiger partial charge in [-0.25, -0.2) is 9.78 Å². The molecule has 174 valence electrons. The number of nitrogens with one attached hydrogen (secondary N) is 1. The summed E-state index contributed by atoms with van der Waals surface area (Å²) in [7, 11) is 1.25. The standard InChI is InChI=1S/C25H29N3O5/c1-15(2)21(33-22(30)25(3,4)5)28-19-13-12-17(20(29)16-10-8-7-9-11-16)14-18(19)26-23(28)27-24(31)32-6/h7-15,21H,1-6H3,(H,26,27,31). The summed E-state index contributed by atoms with van der Waals surface area (Å²) in [6, 6.07) is 14.0. The quantitative estimate of drug-likeness (QED) is 0.409. The number of ketones is 1. The van der Waals surface area contributed by atoms with Crippen LogP contribution in [0.2, 0.25) is 0 Å². The molecule has 33 heavy (non-hydrogen) atoms. The van der Waals surface area contributed by atoms with Crippen molar-refractivity contribution in [2.75, 3.05) is 12.4 Å². The van der Waals surface area contributed by atoms with E-state index in [1.165, 1.54) is 7.11 Å². The van der Waals surface area contributed by atoms with Crippen LogP contribution in [-0.4, -0.2) is 34.5 Å². The summed E-state index contributed by atoms with van der Waals surface area (Å²) in [5, 5.41) is 2.59. The fourth-order valence-electron chi connectivity index (χ4n) is 3.26. The fraction of sp³-hybridized carbons (Fsp3) is 0.360. The van der Waals surface area contributed by atoms with Crippen LogP contribution in [0.3, 0.4) is 0 Å². The molecular formula is C25H29N3O5. The van der Waals surface area contributed by atoms with E-state index in [0.29, 0.717) is 22.2 Å². The average Bonchev–Trinajstić information content (AvgIpc) is 3.12. The molecule has 1 atom stereocenters. The summed E-state index contributed by atoms with van der Waals surface area (Å²) in [5.74, 6) is -0.517. The monoisotopic (exact) mass is 451 g/mol. The number of esters is 1. The Morgan fingerprint density at radius 1 is 1.00 bits per heavy atom. The maximum atomic E-state index is 12.9. The average molecular weight is 452 g/mol. The highest BCUT2D eigenvalue weighted by Crippen LogP contribution is 2.32. The SMILES string of the molecule is COC(=O)Nc1nc2cc(C(=O)c3ccccc3)ccc2n1C(OC(=O)C(C)(C)C)C(C)C. The molecule has 0 spiro atoms. The van der Waals surface area contributed by atoms with E-state index in [1.54, 1.807) is 67.8 Å². The van der Waals surface area contributed by atoms with E-state index >= 15 is 0 Å². The number of fused-ring (bicyclic) bond motifs is 1. The first kappa shape index (κ1) is 24.0. The Bertz CT molecular complexity index is 1180. The molecule has 1 aromatic heterocycles. The Morgan fingerprint density at radius 3 is 2.24 bits per heavy atom. The maximum Gasteiger partial charge on any atom is 0.413 e. The van der Waals surface area contributed by atoms with Crippen molar-refractivity contribution in [3.05, 3.63) is 59.7 Å². The number of nitrogens with zero attached hydrogens (tertiary/aromatic N) is 2. The molecule has 1 unspecified atom stereocenters. The number of imidazole rings is 1. The molecule has 0 fully saturated rings. The molecule has 0 aliphatic rings. The van der Waals surface area contributed by atoms with Crippen LogP contribution in [0.1, 0.15) is 56.8 Å². The lowest BCUT2D eigenvalue weighted by Crippen LogP contribution is -2.30. The highest BCUT2D eigenvalue weighted by atomic mass is 16.6. The normalized spacial score (nSPS) is 12.5. The van der Waals surface area contributed by atoms with Crippen molar-refractivity contribution in [2.24, 2.45) is 11.3 Å². The number of carbonyl (C=O) groups excluding carboxylic acids is 3. The molecule has 0 aliphatic carbocycles. The molecule has 0 radical (unpaired) electrons. The Kier molecular flexibility index (Phi) is 6.86. The lowest BCUT2D eigenvalue weighted by Gasteiger charge is -2.28. The lowest BCUT2D eigenvalue weighted by molar-refractivity contribution is -0.166. The van der Waals surface area contributed by atoms with E-state index in [9.17, 15) is 14.4 Å². The number of hydrogen-bond donors (Lipinski definition) is 1. The van der Waals surface area contributed by atoms with Crippen LogP contribution in [0.5, 0.6) is 0 Å².